The van der Waals surface area contributed by atoms with Crippen LogP contribution in [0.25, 0.3) is 0 Å². The fourth-order valence-electron chi connectivity index (χ4n) is 2.28. The number of esters is 1. The van der Waals surface area contributed by atoms with Gasteiger partial charge in [-0.15, -0.1) is 10.3 Å². The molecule has 0 aromatic heterocycles. The lowest BCUT2D eigenvalue weighted by molar-refractivity contribution is -0.146. The van der Waals surface area contributed by atoms with Crippen LogP contribution in [0, 0.1) is 5.41 Å². The molecule has 1 aliphatic carbocycles. The van der Waals surface area contributed by atoms with E-state index in [0.717, 1.165) is 31.4 Å². The predicted molar refractivity (Wildman–Crippen MR) is 66.4 cm³/mol. The predicted octanol–water partition coefficient (Wildman–Crippen LogP) is 2.61. The second kappa shape index (κ2) is 3.99. The van der Waals surface area contributed by atoms with Gasteiger partial charge in [0.1, 0.15) is 5.76 Å². The Morgan fingerprint density at radius 3 is 2.56 bits per heavy atom. The van der Waals surface area contributed by atoms with Crippen LogP contribution in [-0.4, -0.2) is 31.3 Å². The number of allylic oxidation sites excluding steroid dienone is 2. The van der Waals surface area contributed by atoms with Crippen LogP contribution in [0.5, 0.6) is 0 Å². The van der Waals surface area contributed by atoms with Gasteiger partial charge in [0.05, 0.1) is 12.0 Å². The van der Waals surface area contributed by atoms with E-state index in [1.807, 2.05) is 0 Å². The summed E-state index contributed by atoms with van der Waals surface area (Å²) in [4.78, 5) is 11.7. The van der Waals surface area contributed by atoms with Crippen molar-refractivity contribution in [1.29, 1.82) is 0 Å². The van der Waals surface area contributed by atoms with Crippen molar-refractivity contribution in [2.45, 2.75) is 25.7 Å². The number of carbonyl (C=O) groups is 1. The van der Waals surface area contributed by atoms with Gasteiger partial charge in [0.2, 0.25) is 0 Å². The largest absolute Gasteiger partial charge is 0.465 e. The van der Waals surface area contributed by atoms with Crippen molar-refractivity contribution >= 4 is 16.3 Å². The van der Waals surface area contributed by atoms with E-state index in [-0.39, 0.29) is 11.4 Å². The molecule has 92 valence electrons. The lowest BCUT2D eigenvalue weighted by Crippen LogP contribution is -2.28. The molecule has 2 aliphatic rings. The first-order valence-corrected chi connectivity index (χ1v) is 8.44. The zero-order valence-corrected chi connectivity index (χ0v) is 11.1. The van der Waals surface area contributed by atoms with Gasteiger partial charge in [-0.3, -0.25) is 4.79 Å². The number of ether oxygens (including phenoxy) is 1. The zero-order valence-electron chi connectivity index (χ0n) is 10.2. The first-order chi connectivity index (χ1) is 7.41. The van der Waals surface area contributed by atoms with Gasteiger partial charge in [-0.05, 0) is 44.1 Å². The van der Waals surface area contributed by atoms with Crippen LogP contribution in [0.4, 0.5) is 0 Å². The normalized spacial score (nSPS) is 31.2. The SMILES string of the molecule is CS(C)(C)OC1=CCC2(CCOC2=O)CC1. The highest BCUT2D eigenvalue weighted by Crippen LogP contribution is 2.47. The van der Waals surface area contributed by atoms with Gasteiger partial charge in [0, 0.05) is 6.42 Å². The molecule has 1 spiro atoms. The van der Waals surface area contributed by atoms with E-state index < -0.39 is 10.3 Å². The Morgan fingerprint density at radius 2 is 2.12 bits per heavy atom. The Kier molecular flexibility index (Phi) is 2.95. The Morgan fingerprint density at radius 1 is 1.38 bits per heavy atom. The molecule has 16 heavy (non-hydrogen) atoms. The summed E-state index contributed by atoms with van der Waals surface area (Å²) in [5, 5.41) is 0. The van der Waals surface area contributed by atoms with Crippen LogP contribution in [0.3, 0.4) is 0 Å². The molecule has 1 fully saturated rings. The van der Waals surface area contributed by atoms with Gasteiger partial charge in [0.25, 0.3) is 0 Å². The van der Waals surface area contributed by atoms with Crippen molar-refractivity contribution < 1.29 is 13.7 Å². The number of hydrogen-bond acceptors (Lipinski definition) is 3. The summed E-state index contributed by atoms with van der Waals surface area (Å²) in [6, 6.07) is 0. The third kappa shape index (κ3) is 2.37. The van der Waals surface area contributed by atoms with Crippen LogP contribution >= 0.6 is 10.3 Å². The van der Waals surface area contributed by atoms with Crippen LogP contribution in [0.2, 0.25) is 0 Å². The number of rotatable bonds is 2. The highest BCUT2D eigenvalue weighted by molar-refractivity contribution is 8.28. The van der Waals surface area contributed by atoms with E-state index in [1.54, 1.807) is 0 Å². The monoisotopic (exact) mass is 244 g/mol. The summed E-state index contributed by atoms with van der Waals surface area (Å²) in [6.45, 7) is 0.591. The summed E-state index contributed by atoms with van der Waals surface area (Å²) in [6.07, 6.45) is 11.9. The summed E-state index contributed by atoms with van der Waals surface area (Å²) in [5.74, 6) is 1.05. The molecule has 1 atom stereocenters. The van der Waals surface area contributed by atoms with E-state index >= 15 is 0 Å². The molecule has 0 radical (unpaired) electrons. The molecule has 1 heterocycles. The minimum absolute atomic E-state index is 0.00842. The number of hydrogen-bond donors (Lipinski definition) is 0. The molecular formula is C12H20O3S. The Labute approximate surface area is 98.7 Å². The maximum Gasteiger partial charge on any atom is 0.312 e. The Bertz CT molecular complexity index is 330. The van der Waals surface area contributed by atoms with E-state index in [0.29, 0.717) is 6.61 Å². The van der Waals surface area contributed by atoms with Crippen molar-refractivity contribution in [2.75, 3.05) is 25.4 Å². The van der Waals surface area contributed by atoms with Crippen LogP contribution in [0.1, 0.15) is 25.7 Å². The molecule has 3 nitrogen and oxygen atoms in total. The molecule has 1 aliphatic heterocycles. The molecule has 0 N–H and O–H groups in total. The van der Waals surface area contributed by atoms with E-state index in [2.05, 4.69) is 24.8 Å². The van der Waals surface area contributed by atoms with Crippen molar-refractivity contribution in [1.82, 2.24) is 0 Å². The molecule has 0 amide bonds. The molecule has 0 saturated carbocycles. The van der Waals surface area contributed by atoms with Gasteiger partial charge in [-0.25, -0.2) is 0 Å². The minimum Gasteiger partial charge on any atom is -0.465 e. The number of cyclic esters (lactones) is 1. The van der Waals surface area contributed by atoms with Crippen molar-refractivity contribution in [3.05, 3.63) is 11.8 Å². The summed E-state index contributed by atoms with van der Waals surface area (Å²) in [5.41, 5.74) is -0.222. The van der Waals surface area contributed by atoms with Gasteiger partial charge in [-0.1, -0.05) is 0 Å². The second-order valence-corrected chi connectivity index (χ2v) is 8.97. The second-order valence-electron chi connectivity index (χ2n) is 5.35. The number of carbonyl (C=O) groups excluding carboxylic acids is 1. The molecule has 0 aromatic rings. The van der Waals surface area contributed by atoms with Gasteiger partial charge >= 0.3 is 5.97 Å². The Hall–Kier alpha value is -0.640. The third-order valence-electron chi connectivity index (χ3n) is 3.17. The van der Waals surface area contributed by atoms with Crippen molar-refractivity contribution in [3.63, 3.8) is 0 Å². The highest BCUT2D eigenvalue weighted by atomic mass is 32.3. The Balaban J connectivity index is 2.02. The molecule has 1 saturated heterocycles. The zero-order chi connectivity index (χ0) is 11.8. The minimum atomic E-state index is -0.957. The maximum atomic E-state index is 11.7. The summed E-state index contributed by atoms with van der Waals surface area (Å²) >= 11 is 0. The maximum absolute atomic E-state index is 11.7. The van der Waals surface area contributed by atoms with Crippen LogP contribution < -0.4 is 0 Å². The van der Waals surface area contributed by atoms with Gasteiger partial charge < -0.3 is 8.92 Å². The van der Waals surface area contributed by atoms with E-state index in [1.165, 1.54) is 0 Å². The summed E-state index contributed by atoms with van der Waals surface area (Å²) in [7, 11) is -0.957. The molecule has 4 heteroatoms. The average molecular weight is 244 g/mol. The van der Waals surface area contributed by atoms with Crippen molar-refractivity contribution in [3.8, 4) is 0 Å². The highest BCUT2D eigenvalue weighted by Gasteiger charge is 2.45. The molecule has 0 aromatic carbocycles. The van der Waals surface area contributed by atoms with Crippen LogP contribution in [0.15, 0.2) is 11.8 Å². The fourth-order valence-corrected chi connectivity index (χ4v) is 3.07. The van der Waals surface area contributed by atoms with E-state index in [4.69, 9.17) is 8.92 Å². The third-order valence-corrected chi connectivity index (χ3v) is 3.89. The molecule has 1 unspecified atom stereocenters. The standard InChI is InChI=1S/C12H20O3S/c1-16(2,3)15-10-4-6-12(7-5-10)8-9-14-11(12)13/h4H,5-9H2,1-3H3. The van der Waals surface area contributed by atoms with Gasteiger partial charge in [-0.2, -0.15) is 0 Å². The first-order valence-electron chi connectivity index (χ1n) is 5.65. The fraction of sp³-hybridized carbons (Fsp3) is 0.750. The van der Waals surface area contributed by atoms with Gasteiger partial charge in [0.15, 0.2) is 0 Å². The van der Waals surface area contributed by atoms with Crippen LogP contribution in [-0.2, 0) is 13.7 Å². The quantitative estimate of drug-likeness (QED) is 0.700. The topological polar surface area (TPSA) is 35.5 Å². The lowest BCUT2D eigenvalue weighted by Gasteiger charge is -2.33. The molecule has 2 rings (SSSR count). The molecule has 0 bridgehead atoms. The van der Waals surface area contributed by atoms with Crippen molar-refractivity contribution in [2.24, 2.45) is 5.41 Å². The van der Waals surface area contributed by atoms with E-state index in [9.17, 15) is 4.79 Å². The summed E-state index contributed by atoms with van der Waals surface area (Å²) < 4.78 is 11.0. The smallest absolute Gasteiger partial charge is 0.312 e. The molecular weight excluding hydrogens is 224 g/mol. The average Bonchev–Trinajstić information content (AvgIpc) is 2.51. The lowest BCUT2D eigenvalue weighted by atomic mass is 9.75. The first kappa shape index (κ1) is 11.8.